The lowest BCUT2D eigenvalue weighted by molar-refractivity contribution is -0.136. The molecule has 0 aliphatic heterocycles. The Morgan fingerprint density at radius 1 is 1.33 bits per heavy atom. The number of carboxylic acid groups (broad SMARTS) is 1. The first kappa shape index (κ1) is 35.6. The Morgan fingerprint density at radius 2 is 1.97 bits per heavy atom. The highest BCUT2D eigenvalue weighted by atomic mass is 35.5. The molecular weight excluding hydrogens is 540 g/mol. The molecule has 0 aromatic carbocycles. The highest BCUT2D eigenvalue weighted by Crippen LogP contribution is 2.51. The van der Waals surface area contributed by atoms with Crippen LogP contribution in [0.15, 0.2) is 59.3 Å². The van der Waals surface area contributed by atoms with Gasteiger partial charge in [0.15, 0.2) is 0 Å². The summed E-state index contributed by atoms with van der Waals surface area (Å²) in [6, 6.07) is 0.0295. The number of carboxylic acids is 1. The van der Waals surface area contributed by atoms with Crippen molar-refractivity contribution in [2.75, 3.05) is 5.88 Å². The van der Waals surface area contributed by atoms with Crippen LogP contribution in [0.25, 0.3) is 0 Å². The molecule has 0 heterocycles. The van der Waals surface area contributed by atoms with Gasteiger partial charge in [0, 0.05) is 18.8 Å². The first-order valence-electron chi connectivity index (χ1n) is 13.7. The molecule has 0 saturated heterocycles. The first-order chi connectivity index (χ1) is 18.0. The molecule has 222 valence electrons. The number of thioether (sulfide) groups is 1. The number of carbonyl (C=O) groups is 1. The van der Waals surface area contributed by atoms with Crippen LogP contribution in [0.3, 0.4) is 0 Å². The largest absolute Gasteiger partial charge is 0.480 e. The Labute approximate surface area is 244 Å². The van der Waals surface area contributed by atoms with E-state index in [1.807, 2.05) is 46.8 Å². The van der Waals surface area contributed by atoms with Crippen molar-refractivity contribution >= 4 is 29.3 Å². The first-order valence-corrected chi connectivity index (χ1v) is 15.1. The Kier molecular flexibility index (Phi) is 14.2. The molecule has 0 amide bonds. The van der Waals surface area contributed by atoms with Crippen molar-refractivity contribution in [1.82, 2.24) is 5.32 Å². The third-order valence-electron chi connectivity index (χ3n) is 6.80. The van der Waals surface area contributed by atoms with Crippen LogP contribution in [0, 0.1) is 0 Å². The average Bonchev–Trinajstić information content (AvgIpc) is 3.19. The molecule has 39 heavy (non-hydrogen) atoms. The van der Waals surface area contributed by atoms with Crippen molar-refractivity contribution < 1.29 is 23.4 Å². The van der Waals surface area contributed by atoms with Gasteiger partial charge in [0.25, 0.3) is 5.92 Å². The number of ether oxygens (including phenoxy) is 1. The number of hydrogen-bond acceptors (Lipinski definition) is 4. The minimum atomic E-state index is -3.16. The maximum Gasteiger partial charge on any atom is 0.316 e. The zero-order valence-electron chi connectivity index (χ0n) is 24.9. The average molecular weight is 588 g/mol. The Hall–Kier alpha value is -1.41. The van der Waals surface area contributed by atoms with Gasteiger partial charge in [0.05, 0.1) is 5.60 Å². The Balaban J connectivity index is 3.27. The molecule has 4 nitrogen and oxygen atoms in total. The normalized spacial score (nSPS) is 20.8. The van der Waals surface area contributed by atoms with Gasteiger partial charge in [-0.3, -0.25) is 10.1 Å². The van der Waals surface area contributed by atoms with Gasteiger partial charge in [-0.05, 0) is 90.4 Å². The number of aliphatic carboxylic acids is 1. The summed E-state index contributed by atoms with van der Waals surface area (Å²) in [5.74, 6) is -3.89. The van der Waals surface area contributed by atoms with Crippen LogP contribution < -0.4 is 5.32 Å². The third kappa shape index (κ3) is 10.5. The summed E-state index contributed by atoms with van der Waals surface area (Å²) < 4.78 is 35.0. The fourth-order valence-corrected chi connectivity index (χ4v) is 6.77. The second-order valence-corrected chi connectivity index (χ2v) is 13.0. The molecule has 0 saturated carbocycles. The van der Waals surface area contributed by atoms with Gasteiger partial charge in [-0.2, -0.15) is 0 Å². The second kappa shape index (κ2) is 15.6. The molecule has 4 atom stereocenters. The van der Waals surface area contributed by atoms with Crippen LogP contribution in [-0.4, -0.2) is 50.7 Å². The molecule has 1 rings (SSSR count). The summed E-state index contributed by atoms with van der Waals surface area (Å²) in [5, 5.41) is 12.5. The van der Waals surface area contributed by atoms with Crippen LogP contribution >= 0.6 is 23.4 Å². The molecule has 0 fully saturated rings. The summed E-state index contributed by atoms with van der Waals surface area (Å²) in [6.45, 7) is 18.0. The molecule has 1 aliphatic carbocycles. The molecule has 0 aromatic rings. The van der Waals surface area contributed by atoms with E-state index in [9.17, 15) is 9.90 Å². The summed E-state index contributed by atoms with van der Waals surface area (Å²) in [7, 11) is 0. The van der Waals surface area contributed by atoms with Crippen LogP contribution in [0.2, 0.25) is 0 Å². The van der Waals surface area contributed by atoms with Crippen LogP contribution in [0.1, 0.15) is 87.5 Å². The SMILES string of the molecule is C=CC1=C(/C=C\CC(SC(CC)(C(/C=C(/C)CCCl)=C/C)C(C)(F)F)C(=O)O)C(N[C@@H](C)OC(C)(C)C)CC1. The molecule has 0 radical (unpaired) electrons. The highest BCUT2D eigenvalue weighted by Gasteiger charge is 2.53. The maximum atomic E-state index is 15.3. The summed E-state index contributed by atoms with van der Waals surface area (Å²) in [4.78, 5) is 12.3. The lowest BCUT2D eigenvalue weighted by Gasteiger charge is -2.40. The third-order valence-corrected chi connectivity index (χ3v) is 8.96. The molecule has 1 aliphatic rings. The number of hydrogen-bond donors (Lipinski definition) is 2. The minimum absolute atomic E-state index is 0.0295. The zero-order valence-corrected chi connectivity index (χ0v) is 26.4. The van der Waals surface area contributed by atoms with Crippen molar-refractivity contribution in [3.05, 3.63) is 59.3 Å². The number of halogens is 3. The number of nitrogens with one attached hydrogen (secondary N) is 1. The summed E-state index contributed by atoms with van der Waals surface area (Å²) >= 11 is 6.70. The summed E-state index contributed by atoms with van der Waals surface area (Å²) in [5.41, 5.74) is 3.12. The van der Waals surface area contributed by atoms with Gasteiger partial charge in [-0.15, -0.1) is 23.4 Å². The van der Waals surface area contributed by atoms with E-state index < -0.39 is 21.9 Å². The van der Waals surface area contributed by atoms with Crippen molar-refractivity contribution in [1.29, 1.82) is 0 Å². The van der Waals surface area contributed by atoms with Crippen molar-refractivity contribution in [2.45, 2.75) is 121 Å². The van der Waals surface area contributed by atoms with Crippen molar-refractivity contribution in [3.8, 4) is 0 Å². The van der Waals surface area contributed by atoms with Gasteiger partial charge in [-0.25, -0.2) is 8.78 Å². The lowest BCUT2D eigenvalue weighted by Crippen LogP contribution is -2.46. The van der Waals surface area contributed by atoms with E-state index in [2.05, 4.69) is 11.9 Å². The Bertz CT molecular complexity index is 962. The van der Waals surface area contributed by atoms with Crippen LogP contribution in [0.4, 0.5) is 8.78 Å². The van der Waals surface area contributed by atoms with E-state index in [4.69, 9.17) is 16.3 Å². The van der Waals surface area contributed by atoms with E-state index in [1.165, 1.54) is 0 Å². The van der Waals surface area contributed by atoms with E-state index in [1.54, 1.807) is 32.1 Å². The predicted octanol–water partition coefficient (Wildman–Crippen LogP) is 8.84. The molecule has 3 unspecified atom stereocenters. The van der Waals surface area contributed by atoms with Gasteiger partial charge in [-0.1, -0.05) is 49.5 Å². The number of rotatable bonds is 16. The molecule has 0 bridgehead atoms. The van der Waals surface area contributed by atoms with E-state index in [0.717, 1.165) is 48.2 Å². The zero-order chi connectivity index (χ0) is 30.0. The van der Waals surface area contributed by atoms with Gasteiger partial charge in [0.1, 0.15) is 16.2 Å². The van der Waals surface area contributed by atoms with Gasteiger partial charge < -0.3 is 9.84 Å². The van der Waals surface area contributed by atoms with Gasteiger partial charge >= 0.3 is 5.97 Å². The number of allylic oxidation sites excluding steroid dienone is 6. The predicted molar refractivity (Wildman–Crippen MR) is 163 cm³/mol. The lowest BCUT2D eigenvalue weighted by atomic mass is 9.87. The standard InChI is InChI=1S/C31H48ClF2NO3S/c1-10-23-16-17-26(35-22(5)38-29(6,7)8)25(23)14-13-15-27(28(36)37)39-31(12-3,30(9,33)34)24(11-2)20-21(4)18-19-32/h10-11,13-14,20,22,26-27,35H,1,12,15-19H2,2-9H3,(H,36,37)/b14-13-,21-20-,24-11+/t22-,26?,27?,31?/m1/s1. The Morgan fingerprint density at radius 3 is 2.44 bits per heavy atom. The van der Waals surface area contributed by atoms with E-state index >= 15 is 8.78 Å². The van der Waals surface area contributed by atoms with E-state index in [0.29, 0.717) is 17.9 Å². The second-order valence-electron chi connectivity index (χ2n) is 11.1. The molecule has 0 spiro atoms. The molecule has 0 aromatic heterocycles. The molecule has 2 N–H and O–H groups in total. The highest BCUT2D eigenvalue weighted by molar-refractivity contribution is 8.02. The van der Waals surface area contributed by atoms with Gasteiger partial charge in [0.2, 0.25) is 0 Å². The van der Waals surface area contributed by atoms with Crippen LogP contribution in [-0.2, 0) is 9.53 Å². The topological polar surface area (TPSA) is 58.6 Å². The van der Waals surface area contributed by atoms with Crippen molar-refractivity contribution in [3.63, 3.8) is 0 Å². The quantitative estimate of drug-likeness (QED) is 0.107. The van der Waals surface area contributed by atoms with Crippen LogP contribution in [0.5, 0.6) is 0 Å². The smallest absolute Gasteiger partial charge is 0.316 e. The molecule has 8 heteroatoms. The molecular formula is C31H48ClF2NO3S. The fourth-order valence-electron chi connectivity index (χ4n) is 4.99. The maximum absolute atomic E-state index is 15.3. The van der Waals surface area contributed by atoms with E-state index in [-0.39, 0.29) is 30.7 Å². The number of alkyl halides is 3. The fraction of sp³-hybridized carbons (Fsp3) is 0.645. The van der Waals surface area contributed by atoms with Crippen molar-refractivity contribution in [2.24, 2.45) is 0 Å². The summed E-state index contributed by atoms with van der Waals surface area (Å²) in [6.07, 6.45) is 11.2. The minimum Gasteiger partial charge on any atom is -0.480 e. The monoisotopic (exact) mass is 587 g/mol.